The Labute approximate surface area is 69.9 Å². The van der Waals surface area contributed by atoms with E-state index in [-0.39, 0.29) is 6.04 Å². The molecule has 1 heterocycles. The van der Waals surface area contributed by atoms with Crippen molar-refractivity contribution in [2.24, 2.45) is 0 Å². The molecule has 0 bridgehead atoms. The van der Waals surface area contributed by atoms with E-state index in [1.807, 2.05) is 0 Å². The number of morpholine rings is 1. The van der Waals surface area contributed by atoms with Gasteiger partial charge in [-0.25, -0.2) is 4.79 Å². The number of ether oxygens (including phenoxy) is 1. The molecule has 0 radical (unpaired) electrons. The van der Waals surface area contributed by atoms with E-state index < -0.39 is 11.9 Å². The van der Waals surface area contributed by atoms with Crippen molar-refractivity contribution in [1.29, 1.82) is 0 Å². The summed E-state index contributed by atoms with van der Waals surface area (Å²) in [5.74, 6) is -2.24. The van der Waals surface area contributed by atoms with Crippen molar-refractivity contribution in [2.75, 3.05) is 19.8 Å². The first-order valence-corrected chi connectivity index (χ1v) is 3.74. The molecule has 1 rings (SSSR count). The third kappa shape index (κ3) is 1.73. The zero-order valence-corrected chi connectivity index (χ0v) is 6.82. The van der Waals surface area contributed by atoms with Gasteiger partial charge < -0.3 is 14.7 Å². The van der Waals surface area contributed by atoms with Gasteiger partial charge in [0, 0.05) is 6.54 Å². The van der Waals surface area contributed by atoms with Crippen molar-refractivity contribution in [1.82, 2.24) is 4.90 Å². The molecule has 1 aliphatic heterocycles. The summed E-state index contributed by atoms with van der Waals surface area (Å²) < 4.78 is 5.06. The predicted octanol–water partition coefficient (Wildman–Crippen LogP) is -0.682. The van der Waals surface area contributed by atoms with Crippen LogP contribution in [0.5, 0.6) is 0 Å². The van der Waals surface area contributed by atoms with E-state index in [4.69, 9.17) is 9.84 Å². The summed E-state index contributed by atoms with van der Waals surface area (Å²) in [6.07, 6.45) is 0. The van der Waals surface area contributed by atoms with Crippen LogP contribution in [0.2, 0.25) is 0 Å². The predicted molar refractivity (Wildman–Crippen MR) is 39.6 cm³/mol. The molecule has 0 saturated carbocycles. The van der Waals surface area contributed by atoms with Gasteiger partial charge in [0.1, 0.15) is 0 Å². The first kappa shape index (κ1) is 8.99. The third-order valence-corrected chi connectivity index (χ3v) is 1.81. The molecule has 0 spiro atoms. The highest BCUT2D eigenvalue weighted by Crippen LogP contribution is 2.05. The number of amides is 1. The Kier molecular flexibility index (Phi) is 2.65. The molecule has 0 aliphatic carbocycles. The Bertz CT molecular complexity index is 204. The topological polar surface area (TPSA) is 66.8 Å². The summed E-state index contributed by atoms with van der Waals surface area (Å²) in [6.45, 7) is 2.97. The van der Waals surface area contributed by atoms with Crippen molar-refractivity contribution in [3.05, 3.63) is 0 Å². The van der Waals surface area contributed by atoms with Crippen LogP contribution in [0, 0.1) is 0 Å². The van der Waals surface area contributed by atoms with Gasteiger partial charge in [0.2, 0.25) is 0 Å². The van der Waals surface area contributed by atoms with Crippen molar-refractivity contribution in [2.45, 2.75) is 13.0 Å². The van der Waals surface area contributed by atoms with E-state index in [1.165, 1.54) is 4.90 Å². The van der Waals surface area contributed by atoms with Crippen molar-refractivity contribution >= 4 is 11.9 Å². The molecular formula is C7H11NO4. The highest BCUT2D eigenvalue weighted by atomic mass is 16.5. The lowest BCUT2D eigenvalue weighted by Crippen LogP contribution is -2.49. The number of nitrogens with zero attached hydrogens (tertiary/aromatic N) is 1. The lowest BCUT2D eigenvalue weighted by atomic mass is 10.2. The number of hydrogen-bond donors (Lipinski definition) is 1. The third-order valence-electron chi connectivity index (χ3n) is 1.81. The van der Waals surface area contributed by atoms with Crippen LogP contribution in [-0.4, -0.2) is 47.7 Å². The Morgan fingerprint density at radius 3 is 2.75 bits per heavy atom. The summed E-state index contributed by atoms with van der Waals surface area (Å²) in [6, 6.07) is -0.137. The van der Waals surface area contributed by atoms with E-state index in [2.05, 4.69) is 0 Å². The van der Waals surface area contributed by atoms with Gasteiger partial charge >= 0.3 is 11.9 Å². The summed E-state index contributed by atoms with van der Waals surface area (Å²) in [7, 11) is 0. The SMILES string of the molecule is C[C@@H]1COCCN1C(=O)C(=O)O. The van der Waals surface area contributed by atoms with E-state index in [0.717, 1.165) is 0 Å². The van der Waals surface area contributed by atoms with Crippen LogP contribution in [-0.2, 0) is 14.3 Å². The van der Waals surface area contributed by atoms with Crippen molar-refractivity contribution in [3.63, 3.8) is 0 Å². The van der Waals surface area contributed by atoms with Crippen LogP contribution in [0.15, 0.2) is 0 Å². The molecule has 1 aliphatic rings. The zero-order valence-electron chi connectivity index (χ0n) is 6.82. The Hall–Kier alpha value is -1.10. The van der Waals surface area contributed by atoms with Crippen LogP contribution >= 0.6 is 0 Å². The fourth-order valence-corrected chi connectivity index (χ4v) is 1.15. The second-order valence-corrected chi connectivity index (χ2v) is 2.73. The van der Waals surface area contributed by atoms with Gasteiger partial charge in [-0.15, -0.1) is 0 Å². The first-order chi connectivity index (χ1) is 5.63. The molecule has 68 valence electrons. The monoisotopic (exact) mass is 173 g/mol. The second kappa shape index (κ2) is 3.53. The van der Waals surface area contributed by atoms with Gasteiger partial charge in [-0.2, -0.15) is 0 Å². The normalized spacial score (nSPS) is 23.8. The summed E-state index contributed by atoms with van der Waals surface area (Å²) >= 11 is 0. The molecule has 0 aromatic rings. The zero-order chi connectivity index (χ0) is 9.14. The van der Waals surface area contributed by atoms with Gasteiger partial charge in [0.05, 0.1) is 19.3 Å². The molecular weight excluding hydrogens is 162 g/mol. The number of rotatable bonds is 0. The maximum absolute atomic E-state index is 11.0. The van der Waals surface area contributed by atoms with E-state index >= 15 is 0 Å². The highest BCUT2D eigenvalue weighted by Gasteiger charge is 2.27. The fourth-order valence-electron chi connectivity index (χ4n) is 1.15. The number of aliphatic carboxylic acids is 1. The number of carbonyl (C=O) groups excluding carboxylic acids is 1. The molecule has 5 heteroatoms. The fraction of sp³-hybridized carbons (Fsp3) is 0.714. The lowest BCUT2D eigenvalue weighted by Gasteiger charge is -2.31. The maximum atomic E-state index is 11.0. The number of carboxylic acids is 1. The average Bonchev–Trinajstić information content (AvgIpc) is 2.04. The summed E-state index contributed by atoms with van der Waals surface area (Å²) in [5.41, 5.74) is 0. The Balaban J connectivity index is 2.59. The van der Waals surface area contributed by atoms with E-state index in [1.54, 1.807) is 6.92 Å². The quantitative estimate of drug-likeness (QED) is 0.493. The molecule has 0 aromatic heterocycles. The molecule has 1 atom stereocenters. The molecule has 5 nitrogen and oxygen atoms in total. The van der Waals surface area contributed by atoms with Crippen LogP contribution in [0.25, 0.3) is 0 Å². The molecule has 12 heavy (non-hydrogen) atoms. The van der Waals surface area contributed by atoms with E-state index in [9.17, 15) is 9.59 Å². The van der Waals surface area contributed by atoms with Crippen LogP contribution in [0.1, 0.15) is 6.92 Å². The second-order valence-electron chi connectivity index (χ2n) is 2.73. The minimum Gasteiger partial charge on any atom is -0.474 e. The summed E-state index contributed by atoms with van der Waals surface area (Å²) in [4.78, 5) is 22.6. The minimum atomic E-state index is -1.40. The average molecular weight is 173 g/mol. The van der Waals surface area contributed by atoms with Gasteiger partial charge in [0.15, 0.2) is 0 Å². The smallest absolute Gasteiger partial charge is 0.394 e. The lowest BCUT2D eigenvalue weighted by molar-refractivity contribution is -0.160. The van der Waals surface area contributed by atoms with E-state index in [0.29, 0.717) is 19.8 Å². The standard InChI is InChI=1S/C7H11NO4/c1-5-4-12-3-2-8(5)6(9)7(10)11/h5H,2-4H2,1H3,(H,10,11)/t5-/m1/s1. The van der Waals surface area contributed by atoms with Gasteiger partial charge in [-0.05, 0) is 6.92 Å². The Morgan fingerprint density at radius 1 is 1.58 bits per heavy atom. The minimum absolute atomic E-state index is 0.137. The molecule has 1 saturated heterocycles. The largest absolute Gasteiger partial charge is 0.474 e. The van der Waals surface area contributed by atoms with Crippen LogP contribution in [0.4, 0.5) is 0 Å². The summed E-state index contributed by atoms with van der Waals surface area (Å²) in [5, 5.41) is 8.42. The highest BCUT2D eigenvalue weighted by molar-refractivity contribution is 6.31. The van der Waals surface area contributed by atoms with Crippen molar-refractivity contribution < 1.29 is 19.4 Å². The number of carboxylic acid groups (broad SMARTS) is 1. The van der Waals surface area contributed by atoms with Gasteiger partial charge in [-0.1, -0.05) is 0 Å². The molecule has 1 amide bonds. The molecule has 0 unspecified atom stereocenters. The number of hydrogen-bond acceptors (Lipinski definition) is 3. The van der Waals surface area contributed by atoms with Crippen LogP contribution in [0.3, 0.4) is 0 Å². The molecule has 1 fully saturated rings. The van der Waals surface area contributed by atoms with Gasteiger partial charge in [0.25, 0.3) is 0 Å². The van der Waals surface area contributed by atoms with Gasteiger partial charge in [-0.3, -0.25) is 4.79 Å². The first-order valence-electron chi connectivity index (χ1n) is 3.74. The van der Waals surface area contributed by atoms with Crippen LogP contribution < -0.4 is 0 Å². The number of carbonyl (C=O) groups is 2. The van der Waals surface area contributed by atoms with Crippen molar-refractivity contribution in [3.8, 4) is 0 Å². The Morgan fingerprint density at radius 2 is 2.25 bits per heavy atom. The molecule has 0 aromatic carbocycles. The maximum Gasteiger partial charge on any atom is 0.394 e. The molecule has 1 N–H and O–H groups in total.